The predicted molar refractivity (Wildman–Crippen MR) is 106 cm³/mol. The standard InChI is InChI=1S/C20H18ClNO4S/c1-13-3-8-19(14(2)9-13)27(24,25)22-20(23)12-26-18-7-5-15-10-17(21)6-4-16(15)11-18/h3-11H,12H2,1-2H3,(H,22,23). The van der Waals surface area contributed by atoms with Crippen molar-refractivity contribution >= 4 is 38.3 Å². The van der Waals surface area contributed by atoms with Crippen LogP contribution in [0.5, 0.6) is 5.75 Å². The smallest absolute Gasteiger partial charge is 0.271 e. The van der Waals surface area contributed by atoms with Gasteiger partial charge in [0.25, 0.3) is 15.9 Å². The number of aryl methyl sites for hydroxylation is 2. The number of hydrogen-bond donors (Lipinski definition) is 1. The van der Waals surface area contributed by atoms with Crippen molar-refractivity contribution in [2.45, 2.75) is 18.7 Å². The van der Waals surface area contributed by atoms with E-state index in [1.165, 1.54) is 6.07 Å². The van der Waals surface area contributed by atoms with E-state index in [-0.39, 0.29) is 4.90 Å². The van der Waals surface area contributed by atoms with E-state index in [1.54, 1.807) is 37.3 Å². The number of fused-ring (bicyclic) bond motifs is 1. The third-order valence-electron chi connectivity index (χ3n) is 4.01. The molecule has 0 fully saturated rings. The van der Waals surface area contributed by atoms with Gasteiger partial charge < -0.3 is 4.74 Å². The lowest BCUT2D eigenvalue weighted by atomic mass is 10.1. The molecule has 3 aromatic carbocycles. The molecule has 0 aliphatic rings. The monoisotopic (exact) mass is 403 g/mol. The van der Waals surface area contributed by atoms with Crippen LogP contribution < -0.4 is 9.46 Å². The van der Waals surface area contributed by atoms with Gasteiger partial charge in [0.2, 0.25) is 0 Å². The zero-order valence-corrected chi connectivity index (χ0v) is 16.4. The summed E-state index contributed by atoms with van der Waals surface area (Å²) in [7, 11) is -3.94. The molecule has 0 spiro atoms. The van der Waals surface area contributed by atoms with E-state index in [9.17, 15) is 13.2 Å². The fraction of sp³-hybridized carbons (Fsp3) is 0.150. The molecule has 5 nitrogen and oxygen atoms in total. The van der Waals surface area contributed by atoms with Crippen LogP contribution in [0.1, 0.15) is 11.1 Å². The highest BCUT2D eigenvalue weighted by Crippen LogP contribution is 2.24. The summed E-state index contributed by atoms with van der Waals surface area (Å²) in [5, 5.41) is 2.48. The van der Waals surface area contributed by atoms with Crippen LogP contribution in [0.3, 0.4) is 0 Å². The topological polar surface area (TPSA) is 72.5 Å². The van der Waals surface area contributed by atoms with Crippen molar-refractivity contribution in [3.05, 3.63) is 70.7 Å². The normalized spacial score (nSPS) is 11.4. The minimum atomic E-state index is -3.94. The third kappa shape index (κ3) is 4.59. The zero-order valence-electron chi connectivity index (χ0n) is 14.8. The first-order chi connectivity index (χ1) is 12.7. The largest absolute Gasteiger partial charge is 0.484 e. The maximum absolute atomic E-state index is 12.4. The summed E-state index contributed by atoms with van der Waals surface area (Å²) in [6, 6.07) is 15.6. The van der Waals surface area contributed by atoms with Gasteiger partial charge in [-0.15, -0.1) is 0 Å². The number of hydrogen-bond acceptors (Lipinski definition) is 4. The second kappa shape index (κ2) is 7.58. The van der Waals surface area contributed by atoms with Crippen LogP contribution in [0.2, 0.25) is 5.02 Å². The summed E-state index contributed by atoms with van der Waals surface area (Å²) in [6.45, 7) is 3.14. The van der Waals surface area contributed by atoms with Crippen molar-refractivity contribution in [1.82, 2.24) is 4.72 Å². The second-order valence-corrected chi connectivity index (χ2v) is 8.33. The summed E-state index contributed by atoms with van der Waals surface area (Å²) in [5.41, 5.74) is 1.52. The highest BCUT2D eigenvalue weighted by atomic mass is 35.5. The van der Waals surface area contributed by atoms with Gasteiger partial charge in [-0.2, -0.15) is 0 Å². The maximum Gasteiger partial charge on any atom is 0.271 e. The van der Waals surface area contributed by atoms with Crippen molar-refractivity contribution < 1.29 is 17.9 Å². The Morgan fingerprint density at radius 1 is 1.00 bits per heavy atom. The Morgan fingerprint density at radius 2 is 1.70 bits per heavy atom. The van der Waals surface area contributed by atoms with Crippen molar-refractivity contribution in [1.29, 1.82) is 0 Å². The van der Waals surface area contributed by atoms with Crippen molar-refractivity contribution in [3.8, 4) is 5.75 Å². The van der Waals surface area contributed by atoms with Crippen LogP contribution in [-0.4, -0.2) is 20.9 Å². The number of amides is 1. The van der Waals surface area contributed by atoms with Crippen LogP contribution in [0.15, 0.2) is 59.5 Å². The van der Waals surface area contributed by atoms with E-state index in [2.05, 4.69) is 0 Å². The fourth-order valence-corrected chi connectivity index (χ4v) is 4.15. The lowest BCUT2D eigenvalue weighted by molar-refractivity contribution is -0.121. The lowest BCUT2D eigenvalue weighted by Crippen LogP contribution is -2.34. The Morgan fingerprint density at radius 3 is 2.44 bits per heavy atom. The molecule has 3 rings (SSSR count). The molecule has 140 valence electrons. The fourth-order valence-electron chi connectivity index (χ4n) is 2.77. The summed E-state index contributed by atoms with van der Waals surface area (Å²) in [4.78, 5) is 12.1. The van der Waals surface area contributed by atoms with Gasteiger partial charge in [0, 0.05) is 5.02 Å². The molecule has 27 heavy (non-hydrogen) atoms. The Kier molecular flexibility index (Phi) is 5.39. The molecule has 3 aromatic rings. The molecule has 0 radical (unpaired) electrons. The molecule has 0 heterocycles. The van der Waals surface area contributed by atoms with Crippen LogP contribution >= 0.6 is 11.6 Å². The number of carbonyl (C=O) groups is 1. The van der Waals surface area contributed by atoms with E-state index < -0.39 is 22.5 Å². The molecule has 1 N–H and O–H groups in total. The van der Waals surface area contributed by atoms with E-state index >= 15 is 0 Å². The third-order valence-corrected chi connectivity index (χ3v) is 5.78. The number of benzene rings is 3. The molecular formula is C20H18ClNO4S. The number of rotatable bonds is 5. The van der Waals surface area contributed by atoms with Gasteiger partial charge in [-0.25, -0.2) is 13.1 Å². The van der Waals surface area contributed by atoms with Crippen LogP contribution in [0.4, 0.5) is 0 Å². The molecule has 0 saturated heterocycles. The molecular weight excluding hydrogens is 386 g/mol. The van der Waals surface area contributed by atoms with Crippen LogP contribution in [0, 0.1) is 13.8 Å². The Labute approximate surface area is 163 Å². The summed E-state index contributed by atoms with van der Waals surface area (Å²) in [6.07, 6.45) is 0. The van der Waals surface area contributed by atoms with Gasteiger partial charge in [-0.3, -0.25) is 4.79 Å². The second-order valence-electron chi connectivity index (χ2n) is 6.24. The van der Waals surface area contributed by atoms with Gasteiger partial charge in [0.1, 0.15) is 5.75 Å². The Bertz CT molecular complexity index is 1130. The highest BCUT2D eigenvalue weighted by Gasteiger charge is 2.20. The van der Waals surface area contributed by atoms with Crippen LogP contribution in [-0.2, 0) is 14.8 Å². The molecule has 0 atom stereocenters. The van der Waals surface area contributed by atoms with Gasteiger partial charge >= 0.3 is 0 Å². The lowest BCUT2D eigenvalue weighted by Gasteiger charge is -2.11. The molecule has 0 bridgehead atoms. The summed E-state index contributed by atoms with van der Waals surface area (Å²) in [5.74, 6) is -0.282. The van der Waals surface area contributed by atoms with Gasteiger partial charge in [-0.05, 0) is 60.5 Å². The molecule has 7 heteroatoms. The quantitative estimate of drug-likeness (QED) is 0.699. The maximum atomic E-state index is 12.4. The number of carbonyl (C=O) groups excluding carboxylic acids is 1. The zero-order chi connectivity index (χ0) is 19.6. The van der Waals surface area contributed by atoms with E-state index in [0.717, 1.165) is 16.3 Å². The highest BCUT2D eigenvalue weighted by molar-refractivity contribution is 7.90. The summed E-state index contributed by atoms with van der Waals surface area (Å²) < 4.78 is 32.3. The van der Waals surface area contributed by atoms with Gasteiger partial charge in [0.05, 0.1) is 4.90 Å². The van der Waals surface area contributed by atoms with E-state index in [0.29, 0.717) is 16.3 Å². The Balaban J connectivity index is 1.68. The first kappa shape index (κ1) is 19.2. The molecule has 0 unspecified atom stereocenters. The number of ether oxygens (including phenoxy) is 1. The average Bonchev–Trinajstić information content (AvgIpc) is 2.59. The van der Waals surface area contributed by atoms with E-state index in [1.807, 2.05) is 29.8 Å². The van der Waals surface area contributed by atoms with Gasteiger partial charge in [0.15, 0.2) is 6.61 Å². The first-order valence-corrected chi connectivity index (χ1v) is 10.1. The minimum absolute atomic E-state index is 0.0732. The molecule has 0 aliphatic heterocycles. The first-order valence-electron chi connectivity index (χ1n) is 8.20. The molecule has 0 aliphatic carbocycles. The molecule has 1 amide bonds. The summed E-state index contributed by atoms with van der Waals surface area (Å²) >= 11 is 5.95. The van der Waals surface area contributed by atoms with Crippen molar-refractivity contribution in [2.24, 2.45) is 0 Å². The molecule has 0 saturated carbocycles. The average molecular weight is 404 g/mol. The van der Waals surface area contributed by atoms with Gasteiger partial charge in [-0.1, -0.05) is 41.4 Å². The number of halogens is 1. The van der Waals surface area contributed by atoms with Crippen molar-refractivity contribution in [2.75, 3.05) is 6.61 Å². The predicted octanol–water partition coefficient (Wildman–Crippen LogP) is 3.99. The van der Waals surface area contributed by atoms with E-state index in [4.69, 9.17) is 16.3 Å². The molecule has 0 aromatic heterocycles. The Hall–Kier alpha value is -2.57. The number of sulfonamides is 1. The minimum Gasteiger partial charge on any atom is -0.484 e. The SMILES string of the molecule is Cc1ccc(S(=O)(=O)NC(=O)COc2ccc3cc(Cl)ccc3c2)c(C)c1. The van der Waals surface area contributed by atoms with Crippen molar-refractivity contribution in [3.63, 3.8) is 0 Å². The van der Waals surface area contributed by atoms with Crippen LogP contribution in [0.25, 0.3) is 10.8 Å². The number of nitrogens with one attached hydrogen (secondary N) is 1.